The molecule has 2 heterocycles. The second kappa shape index (κ2) is 6.15. The molecule has 23 heavy (non-hydrogen) atoms. The van der Waals surface area contributed by atoms with Crippen LogP contribution in [0.1, 0.15) is 18.9 Å². The van der Waals surface area contributed by atoms with Crippen LogP contribution in [-0.2, 0) is 9.63 Å². The lowest BCUT2D eigenvalue weighted by molar-refractivity contribution is -0.119. The molecule has 120 valence electrons. The zero-order valence-corrected chi connectivity index (χ0v) is 12.3. The van der Waals surface area contributed by atoms with Gasteiger partial charge in [-0.2, -0.15) is 0 Å². The van der Waals surface area contributed by atoms with Gasteiger partial charge in [0.25, 0.3) is 0 Å². The number of nitrogens with one attached hydrogen (secondary N) is 1. The number of oxime groups is 1. The largest absolute Gasteiger partial charge is 0.390 e. The molecule has 1 aromatic carbocycles. The zero-order chi connectivity index (χ0) is 16.4. The second-order valence-corrected chi connectivity index (χ2v) is 5.17. The Hall–Kier alpha value is -2.77. The van der Waals surface area contributed by atoms with Crippen molar-refractivity contribution in [3.63, 3.8) is 0 Å². The summed E-state index contributed by atoms with van der Waals surface area (Å²) in [6.07, 6.45) is 4.24. The first-order valence-electron chi connectivity index (χ1n) is 6.99. The quantitative estimate of drug-likeness (QED) is 0.933. The smallest absolute Gasteiger partial charge is 0.217 e. The molecule has 2 aromatic rings. The Kier molecular flexibility index (Phi) is 4.05. The van der Waals surface area contributed by atoms with Crippen LogP contribution in [0.2, 0.25) is 0 Å². The summed E-state index contributed by atoms with van der Waals surface area (Å²) in [4.78, 5) is 19.8. The molecule has 8 heteroatoms. The molecule has 1 aromatic heterocycles. The van der Waals surface area contributed by atoms with Crippen molar-refractivity contribution in [2.24, 2.45) is 5.16 Å². The predicted octanol–water partition coefficient (Wildman–Crippen LogP) is 1.78. The summed E-state index contributed by atoms with van der Waals surface area (Å²) in [5.74, 6) is -1.61. The van der Waals surface area contributed by atoms with Crippen molar-refractivity contribution >= 4 is 11.6 Å². The molecule has 0 aliphatic carbocycles. The molecule has 6 nitrogen and oxygen atoms in total. The SMILES string of the molecule is CC(=O)NC[C@H]1CC(c2cc(F)c(-n3ccnc3)c(F)c2)=NO1. The van der Waals surface area contributed by atoms with Gasteiger partial charge >= 0.3 is 0 Å². The van der Waals surface area contributed by atoms with Gasteiger partial charge < -0.3 is 14.7 Å². The summed E-state index contributed by atoms with van der Waals surface area (Å²) >= 11 is 0. The van der Waals surface area contributed by atoms with E-state index in [9.17, 15) is 13.6 Å². The van der Waals surface area contributed by atoms with Crippen LogP contribution < -0.4 is 5.32 Å². The molecule has 0 unspecified atom stereocenters. The number of amides is 1. The average molecular weight is 320 g/mol. The maximum atomic E-state index is 14.2. The molecule has 1 amide bonds. The predicted molar refractivity (Wildman–Crippen MR) is 78.2 cm³/mol. The van der Waals surface area contributed by atoms with Crippen molar-refractivity contribution in [1.29, 1.82) is 0 Å². The number of hydrogen-bond donors (Lipinski definition) is 1. The number of carbonyl (C=O) groups is 1. The van der Waals surface area contributed by atoms with Crippen LogP contribution in [0.25, 0.3) is 5.69 Å². The van der Waals surface area contributed by atoms with Gasteiger partial charge in [0.05, 0.1) is 18.6 Å². The topological polar surface area (TPSA) is 68.5 Å². The monoisotopic (exact) mass is 320 g/mol. The number of halogens is 2. The maximum absolute atomic E-state index is 14.2. The van der Waals surface area contributed by atoms with Crippen LogP contribution in [0.5, 0.6) is 0 Å². The number of carbonyl (C=O) groups excluding carboxylic acids is 1. The lowest BCUT2D eigenvalue weighted by Crippen LogP contribution is -2.30. The van der Waals surface area contributed by atoms with E-state index in [2.05, 4.69) is 15.5 Å². The van der Waals surface area contributed by atoms with Crippen molar-refractivity contribution in [1.82, 2.24) is 14.9 Å². The molecule has 1 aliphatic heterocycles. The second-order valence-electron chi connectivity index (χ2n) is 5.17. The fourth-order valence-electron chi connectivity index (χ4n) is 2.34. The van der Waals surface area contributed by atoms with Crippen LogP contribution in [0.3, 0.4) is 0 Å². The first-order valence-corrected chi connectivity index (χ1v) is 6.99. The number of nitrogens with zero attached hydrogens (tertiary/aromatic N) is 3. The Bertz CT molecular complexity index is 736. The van der Waals surface area contributed by atoms with Crippen LogP contribution in [0, 0.1) is 11.6 Å². The first-order chi connectivity index (χ1) is 11.0. The van der Waals surface area contributed by atoms with E-state index in [1.165, 1.54) is 42.3 Å². The van der Waals surface area contributed by atoms with E-state index in [-0.39, 0.29) is 17.7 Å². The molecule has 0 fully saturated rings. The van der Waals surface area contributed by atoms with Crippen LogP contribution in [0.15, 0.2) is 36.0 Å². The summed E-state index contributed by atoms with van der Waals surface area (Å²) in [6, 6.07) is 2.42. The van der Waals surface area contributed by atoms with Crippen LogP contribution in [0.4, 0.5) is 8.78 Å². The summed E-state index contributed by atoms with van der Waals surface area (Å²) in [5.41, 5.74) is 0.560. The molecule has 1 aliphatic rings. The average Bonchev–Trinajstić information content (AvgIpc) is 3.16. The molecular formula is C15H14F2N4O2. The highest BCUT2D eigenvalue weighted by atomic mass is 19.1. The summed E-state index contributed by atoms with van der Waals surface area (Å²) < 4.78 is 29.7. The van der Waals surface area contributed by atoms with Crippen molar-refractivity contribution in [2.75, 3.05) is 6.54 Å². The molecule has 0 radical (unpaired) electrons. The highest BCUT2D eigenvalue weighted by Gasteiger charge is 2.24. The fourth-order valence-corrected chi connectivity index (χ4v) is 2.34. The normalized spacial score (nSPS) is 16.8. The van der Waals surface area contributed by atoms with Crippen molar-refractivity contribution < 1.29 is 18.4 Å². The Morgan fingerprint density at radius 2 is 2.17 bits per heavy atom. The van der Waals surface area contributed by atoms with Gasteiger partial charge in [0.2, 0.25) is 5.91 Å². The minimum Gasteiger partial charge on any atom is -0.390 e. The lowest BCUT2D eigenvalue weighted by Gasteiger charge is -2.09. The third-order valence-electron chi connectivity index (χ3n) is 3.42. The van der Waals surface area contributed by atoms with Gasteiger partial charge in [0.1, 0.15) is 11.8 Å². The minimum absolute atomic E-state index is 0.177. The molecule has 1 N–H and O–H groups in total. The zero-order valence-electron chi connectivity index (χ0n) is 12.3. The molecule has 0 saturated carbocycles. The van der Waals surface area contributed by atoms with Crippen molar-refractivity contribution in [3.8, 4) is 5.69 Å². The van der Waals surface area contributed by atoms with E-state index in [0.29, 0.717) is 24.2 Å². The van der Waals surface area contributed by atoms with Gasteiger partial charge in [0.15, 0.2) is 11.6 Å². The van der Waals surface area contributed by atoms with Gasteiger partial charge in [-0.1, -0.05) is 5.16 Å². The highest BCUT2D eigenvalue weighted by Crippen LogP contribution is 2.23. The van der Waals surface area contributed by atoms with Crippen LogP contribution >= 0.6 is 0 Å². The number of imidazole rings is 1. The van der Waals surface area contributed by atoms with E-state index in [4.69, 9.17) is 4.84 Å². The van der Waals surface area contributed by atoms with E-state index in [1.54, 1.807) is 0 Å². The van der Waals surface area contributed by atoms with Gasteiger partial charge in [-0.05, 0) is 12.1 Å². The summed E-state index contributed by atoms with van der Waals surface area (Å²) in [5, 5.41) is 6.47. The maximum Gasteiger partial charge on any atom is 0.217 e. The highest BCUT2D eigenvalue weighted by molar-refractivity contribution is 6.01. The first kappa shape index (κ1) is 15.1. The molecule has 0 bridgehead atoms. The number of aromatic nitrogens is 2. The Labute approximate surface area is 130 Å². The summed E-state index contributed by atoms with van der Waals surface area (Å²) in [6.45, 7) is 1.69. The van der Waals surface area contributed by atoms with E-state index in [1.807, 2.05) is 0 Å². The van der Waals surface area contributed by atoms with Gasteiger partial charge in [-0.15, -0.1) is 0 Å². The number of rotatable bonds is 4. The number of benzene rings is 1. The van der Waals surface area contributed by atoms with E-state index in [0.717, 1.165) is 0 Å². The third-order valence-corrected chi connectivity index (χ3v) is 3.42. The third kappa shape index (κ3) is 3.20. The summed E-state index contributed by atoms with van der Waals surface area (Å²) in [7, 11) is 0. The molecule has 0 saturated heterocycles. The molecule has 1 atom stereocenters. The Balaban J connectivity index is 1.79. The molecular weight excluding hydrogens is 306 g/mol. The van der Waals surface area contributed by atoms with E-state index < -0.39 is 11.6 Å². The van der Waals surface area contributed by atoms with Crippen molar-refractivity contribution in [3.05, 3.63) is 48.1 Å². The standard InChI is InChI=1S/C15H14F2N4O2/c1-9(22)19-7-11-6-14(20-23-11)10-4-12(16)15(13(17)5-10)21-3-2-18-8-21/h2-5,8,11H,6-7H2,1H3,(H,19,22)/t11-/m1/s1. The van der Waals surface area contributed by atoms with Crippen LogP contribution in [-0.4, -0.2) is 33.8 Å². The molecule has 3 rings (SSSR count). The lowest BCUT2D eigenvalue weighted by atomic mass is 10.0. The van der Waals surface area contributed by atoms with E-state index >= 15 is 0 Å². The van der Waals surface area contributed by atoms with Gasteiger partial charge in [-0.3, -0.25) is 4.79 Å². The fraction of sp³-hybridized carbons (Fsp3) is 0.267. The minimum atomic E-state index is -0.717. The van der Waals surface area contributed by atoms with Gasteiger partial charge in [-0.25, -0.2) is 13.8 Å². The Morgan fingerprint density at radius 3 is 2.78 bits per heavy atom. The number of hydrogen-bond acceptors (Lipinski definition) is 4. The van der Waals surface area contributed by atoms with Gasteiger partial charge in [0, 0.05) is 31.3 Å². The van der Waals surface area contributed by atoms with Crippen molar-refractivity contribution in [2.45, 2.75) is 19.4 Å². The Morgan fingerprint density at radius 1 is 1.43 bits per heavy atom. The molecule has 0 spiro atoms.